The van der Waals surface area contributed by atoms with Crippen LogP contribution < -0.4 is 5.32 Å². The molecule has 3 heteroatoms. The molecule has 0 aliphatic carbocycles. The highest BCUT2D eigenvalue weighted by atomic mass is 32.2. The van der Waals surface area contributed by atoms with Gasteiger partial charge in [0.15, 0.2) is 5.17 Å². The van der Waals surface area contributed by atoms with Crippen molar-refractivity contribution < 1.29 is 0 Å². The summed E-state index contributed by atoms with van der Waals surface area (Å²) in [6, 6.07) is 0. The monoisotopic (exact) mass is 314 g/mol. The van der Waals surface area contributed by atoms with E-state index in [4.69, 9.17) is 5.41 Å². The van der Waals surface area contributed by atoms with Gasteiger partial charge in [-0.3, -0.25) is 5.41 Å². The van der Waals surface area contributed by atoms with E-state index in [0.29, 0.717) is 5.17 Å². The van der Waals surface area contributed by atoms with Gasteiger partial charge < -0.3 is 5.32 Å². The van der Waals surface area contributed by atoms with E-state index in [2.05, 4.69) is 26.1 Å². The molecule has 2 nitrogen and oxygen atoms in total. The highest BCUT2D eigenvalue weighted by Gasteiger charge is 2.23. The van der Waals surface area contributed by atoms with E-state index >= 15 is 0 Å². The second-order valence-electron chi connectivity index (χ2n) is 6.55. The van der Waals surface area contributed by atoms with Crippen LogP contribution in [0.3, 0.4) is 0 Å². The van der Waals surface area contributed by atoms with E-state index in [0.717, 1.165) is 0 Å². The maximum atomic E-state index is 7.94. The van der Waals surface area contributed by atoms with Crippen molar-refractivity contribution in [1.82, 2.24) is 5.32 Å². The fourth-order valence-electron chi connectivity index (χ4n) is 2.81. The van der Waals surface area contributed by atoms with Gasteiger partial charge in [-0.05, 0) is 26.0 Å². The fraction of sp³-hybridized carbons (Fsp3) is 0.944. The minimum absolute atomic E-state index is 0.124. The minimum Gasteiger partial charge on any atom is -0.360 e. The molecule has 0 bridgehead atoms. The van der Waals surface area contributed by atoms with Gasteiger partial charge in [-0.2, -0.15) is 0 Å². The summed E-state index contributed by atoms with van der Waals surface area (Å²) in [7, 11) is 0. The van der Waals surface area contributed by atoms with Crippen LogP contribution in [0.15, 0.2) is 0 Å². The molecule has 0 aromatic carbocycles. The number of hydrogen-bond acceptors (Lipinski definition) is 2. The molecule has 0 saturated carbocycles. The van der Waals surface area contributed by atoms with Crippen LogP contribution in [-0.2, 0) is 0 Å². The standard InChI is InChI=1S/C18H38N2S/c1-5-7-9-11-13-15-18(3,20-17(19)21-4)16-14-12-10-8-6-2/h5-16H2,1-4H3,(H2,19,20). The van der Waals surface area contributed by atoms with E-state index in [9.17, 15) is 0 Å². The Bertz CT molecular complexity index is 240. The molecule has 126 valence electrons. The van der Waals surface area contributed by atoms with Crippen molar-refractivity contribution in [1.29, 1.82) is 5.41 Å². The summed E-state index contributed by atoms with van der Waals surface area (Å²) in [5.74, 6) is 0. The second kappa shape index (κ2) is 13.5. The van der Waals surface area contributed by atoms with Crippen LogP contribution in [0.1, 0.15) is 97.8 Å². The fourth-order valence-corrected chi connectivity index (χ4v) is 3.16. The first kappa shape index (κ1) is 20.8. The quantitative estimate of drug-likeness (QED) is 0.236. The van der Waals surface area contributed by atoms with E-state index in [-0.39, 0.29) is 5.54 Å². The average molecular weight is 315 g/mol. The van der Waals surface area contributed by atoms with Crippen molar-refractivity contribution in [2.24, 2.45) is 0 Å². The lowest BCUT2D eigenvalue weighted by Crippen LogP contribution is -2.44. The van der Waals surface area contributed by atoms with Gasteiger partial charge >= 0.3 is 0 Å². The normalized spacial score (nSPS) is 11.6. The number of unbranched alkanes of at least 4 members (excludes halogenated alkanes) is 8. The van der Waals surface area contributed by atoms with Crippen molar-refractivity contribution in [2.45, 2.75) is 103 Å². The Morgan fingerprint density at radius 1 is 0.857 bits per heavy atom. The largest absolute Gasteiger partial charge is 0.360 e. The zero-order valence-corrected chi connectivity index (χ0v) is 15.7. The second-order valence-corrected chi connectivity index (χ2v) is 7.36. The molecule has 0 fully saturated rings. The van der Waals surface area contributed by atoms with Gasteiger partial charge in [0.1, 0.15) is 0 Å². The molecule has 2 N–H and O–H groups in total. The van der Waals surface area contributed by atoms with Crippen molar-refractivity contribution in [3.8, 4) is 0 Å². The smallest absolute Gasteiger partial charge is 0.153 e. The number of nitrogens with one attached hydrogen (secondary N) is 2. The van der Waals surface area contributed by atoms with Crippen molar-refractivity contribution >= 4 is 16.9 Å². The summed E-state index contributed by atoms with van der Waals surface area (Å²) in [6.07, 6.45) is 17.7. The van der Waals surface area contributed by atoms with Gasteiger partial charge in [-0.25, -0.2) is 0 Å². The molecular formula is C18H38N2S. The van der Waals surface area contributed by atoms with Gasteiger partial charge in [-0.15, -0.1) is 0 Å². The Morgan fingerprint density at radius 2 is 1.29 bits per heavy atom. The van der Waals surface area contributed by atoms with Crippen LogP contribution in [0.2, 0.25) is 0 Å². The van der Waals surface area contributed by atoms with Crippen molar-refractivity contribution in [2.75, 3.05) is 6.26 Å². The van der Waals surface area contributed by atoms with Gasteiger partial charge in [0.25, 0.3) is 0 Å². The summed E-state index contributed by atoms with van der Waals surface area (Å²) >= 11 is 1.52. The summed E-state index contributed by atoms with van der Waals surface area (Å²) in [5, 5.41) is 12.0. The van der Waals surface area contributed by atoms with Crippen LogP contribution in [-0.4, -0.2) is 17.0 Å². The Labute approximate surface area is 137 Å². The number of rotatable bonds is 13. The number of thioether (sulfide) groups is 1. The van der Waals surface area contributed by atoms with Crippen LogP contribution in [0.25, 0.3) is 0 Å². The summed E-state index contributed by atoms with van der Waals surface area (Å²) in [5.41, 5.74) is 0.124. The zero-order valence-electron chi connectivity index (χ0n) is 14.9. The van der Waals surface area contributed by atoms with E-state index in [1.165, 1.54) is 88.8 Å². The molecule has 0 saturated heterocycles. The molecule has 0 atom stereocenters. The maximum Gasteiger partial charge on any atom is 0.153 e. The van der Waals surface area contributed by atoms with Crippen molar-refractivity contribution in [3.05, 3.63) is 0 Å². The van der Waals surface area contributed by atoms with E-state index < -0.39 is 0 Å². The molecule has 21 heavy (non-hydrogen) atoms. The Hall–Kier alpha value is -0.180. The first-order valence-corrected chi connectivity index (χ1v) is 10.2. The molecular weight excluding hydrogens is 276 g/mol. The molecule has 0 aromatic heterocycles. The first-order chi connectivity index (χ1) is 10.1. The first-order valence-electron chi connectivity index (χ1n) is 8.98. The van der Waals surface area contributed by atoms with Crippen LogP contribution in [0.5, 0.6) is 0 Å². The number of amidine groups is 1. The lowest BCUT2D eigenvalue weighted by atomic mass is 9.88. The molecule has 0 spiro atoms. The summed E-state index contributed by atoms with van der Waals surface area (Å²) in [4.78, 5) is 0. The third-order valence-electron chi connectivity index (χ3n) is 4.28. The Morgan fingerprint density at radius 3 is 1.67 bits per heavy atom. The molecule has 0 aromatic rings. The SMILES string of the molecule is CCCCCCCC(C)(CCCCCCC)NC(=N)SC. The predicted octanol–water partition coefficient (Wildman–Crippen LogP) is 6.35. The summed E-state index contributed by atoms with van der Waals surface area (Å²) < 4.78 is 0. The highest BCUT2D eigenvalue weighted by Crippen LogP contribution is 2.23. The average Bonchev–Trinajstić information content (AvgIpc) is 2.46. The summed E-state index contributed by atoms with van der Waals surface area (Å²) in [6.45, 7) is 6.85. The third-order valence-corrected chi connectivity index (χ3v) is 4.79. The van der Waals surface area contributed by atoms with E-state index in [1.807, 2.05) is 6.26 Å². The molecule has 0 unspecified atom stereocenters. The minimum atomic E-state index is 0.124. The van der Waals surface area contributed by atoms with Crippen molar-refractivity contribution in [3.63, 3.8) is 0 Å². The predicted molar refractivity (Wildman–Crippen MR) is 99.5 cm³/mol. The lowest BCUT2D eigenvalue weighted by molar-refractivity contribution is 0.330. The Balaban J connectivity index is 4.10. The van der Waals surface area contributed by atoms with Gasteiger partial charge in [0, 0.05) is 5.54 Å². The van der Waals surface area contributed by atoms with Crippen LogP contribution >= 0.6 is 11.8 Å². The van der Waals surface area contributed by atoms with E-state index in [1.54, 1.807) is 0 Å². The highest BCUT2D eigenvalue weighted by molar-refractivity contribution is 8.13. The van der Waals surface area contributed by atoms with Crippen LogP contribution in [0.4, 0.5) is 0 Å². The zero-order chi connectivity index (χ0) is 16.0. The molecule has 0 heterocycles. The topological polar surface area (TPSA) is 35.9 Å². The molecule has 0 rings (SSSR count). The van der Waals surface area contributed by atoms with Gasteiger partial charge in [0.2, 0.25) is 0 Å². The molecule has 0 amide bonds. The molecule has 0 aliphatic rings. The van der Waals surface area contributed by atoms with Gasteiger partial charge in [-0.1, -0.05) is 89.8 Å². The van der Waals surface area contributed by atoms with Crippen LogP contribution in [0, 0.1) is 5.41 Å². The molecule has 0 aliphatic heterocycles. The number of hydrogen-bond donors (Lipinski definition) is 2. The lowest BCUT2D eigenvalue weighted by Gasteiger charge is -2.32. The third kappa shape index (κ3) is 12.1. The molecule has 0 radical (unpaired) electrons. The Kier molecular flexibility index (Phi) is 13.4. The maximum absolute atomic E-state index is 7.94. The van der Waals surface area contributed by atoms with Gasteiger partial charge in [0.05, 0.1) is 0 Å².